The van der Waals surface area contributed by atoms with Crippen molar-refractivity contribution >= 4 is 27.5 Å². The molecule has 0 fully saturated rings. The van der Waals surface area contributed by atoms with Crippen LogP contribution in [0.5, 0.6) is 0 Å². The molecule has 19 heavy (non-hydrogen) atoms. The van der Waals surface area contributed by atoms with E-state index in [-0.39, 0.29) is 4.90 Å². The van der Waals surface area contributed by atoms with Gasteiger partial charge in [0.05, 0.1) is 11.6 Å². The molecule has 2 heterocycles. The fourth-order valence-electron chi connectivity index (χ4n) is 2.13. The summed E-state index contributed by atoms with van der Waals surface area (Å²) in [7, 11) is -3.61. The van der Waals surface area contributed by atoms with Gasteiger partial charge >= 0.3 is 0 Å². The second-order valence-corrected chi connectivity index (χ2v) is 7.03. The van der Waals surface area contributed by atoms with Gasteiger partial charge in [0.1, 0.15) is 5.69 Å². The summed E-state index contributed by atoms with van der Waals surface area (Å²) in [4.78, 5) is 1.14. The van der Waals surface area contributed by atoms with Crippen molar-refractivity contribution in [3.05, 3.63) is 35.7 Å². The molecule has 1 aliphatic heterocycles. The first kappa shape index (κ1) is 12.6. The molecule has 0 bridgehead atoms. The lowest BCUT2D eigenvalue weighted by molar-refractivity contribution is 0.390. The van der Waals surface area contributed by atoms with Crippen molar-refractivity contribution in [3.63, 3.8) is 0 Å². The predicted octanol–water partition coefficient (Wildman–Crippen LogP) is 2.55. The number of hydrogen-bond donors (Lipinski definition) is 0. The van der Waals surface area contributed by atoms with E-state index in [0.29, 0.717) is 23.0 Å². The Bertz CT molecular complexity index is 718. The lowest BCUT2D eigenvalue weighted by Gasteiger charge is -2.18. The van der Waals surface area contributed by atoms with E-state index < -0.39 is 10.0 Å². The monoisotopic (exact) mass is 296 g/mol. The largest absolute Gasteiger partial charge is 0.360 e. The van der Waals surface area contributed by atoms with Crippen molar-refractivity contribution in [2.75, 3.05) is 10.2 Å². The van der Waals surface area contributed by atoms with Crippen LogP contribution in [0.4, 0.5) is 5.69 Å². The fourth-order valence-corrected chi connectivity index (χ4v) is 5.25. The number of rotatable bonds is 2. The van der Waals surface area contributed by atoms with E-state index in [1.165, 1.54) is 16.1 Å². The molecule has 2 aromatic rings. The molecular weight excluding hydrogens is 284 g/mol. The molecule has 0 radical (unpaired) electrons. The van der Waals surface area contributed by atoms with Gasteiger partial charge in [-0.05, 0) is 26.0 Å². The van der Waals surface area contributed by atoms with Gasteiger partial charge in [-0.3, -0.25) is 4.31 Å². The van der Waals surface area contributed by atoms with Gasteiger partial charge in [0.15, 0.2) is 10.7 Å². The van der Waals surface area contributed by atoms with Crippen LogP contribution >= 0.6 is 11.8 Å². The van der Waals surface area contributed by atoms with Crippen LogP contribution < -0.4 is 4.31 Å². The highest BCUT2D eigenvalue weighted by Crippen LogP contribution is 2.41. The van der Waals surface area contributed by atoms with E-state index in [0.717, 1.165) is 4.90 Å². The summed E-state index contributed by atoms with van der Waals surface area (Å²) in [6.07, 6.45) is 0. The van der Waals surface area contributed by atoms with Crippen molar-refractivity contribution < 1.29 is 12.9 Å². The molecule has 7 heteroatoms. The molecular formula is C12H12N2O3S2. The lowest BCUT2D eigenvalue weighted by atomic mass is 10.3. The van der Waals surface area contributed by atoms with Gasteiger partial charge in [-0.25, -0.2) is 8.42 Å². The Hall–Kier alpha value is -1.47. The highest BCUT2D eigenvalue weighted by Gasteiger charge is 2.35. The van der Waals surface area contributed by atoms with Gasteiger partial charge in [0, 0.05) is 4.90 Å². The van der Waals surface area contributed by atoms with Gasteiger partial charge in [-0.1, -0.05) is 17.3 Å². The van der Waals surface area contributed by atoms with Crippen molar-refractivity contribution in [1.82, 2.24) is 5.16 Å². The first-order chi connectivity index (χ1) is 9.01. The number of fused-ring (bicyclic) bond motifs is 1. The van der Waals surface area contributed by atoms with Gasteiger partial charge in [0.25, 0.3) is 10.0 Å². The minimum absolute atomic E-state index is 0.171. The molecule has 1 aliphatic rings. The van der Waals surface area contributed by atoms with Crippen LogP contribution in [-0.2, 0) is 10.0 Å². The third-order valence-electron chi connectivity index (χ3n) is 2.99. The Labute approximate surface area is 115 Å². The van der Waals surface area contributed by atoms with E-state index >= 15 is 0 Å². The van der Waals surface area contributed by atoms with Crippen LogP contribution in [0.25, 0.3) is 0 Å². The molecule has 0 spiro atoms. The second kappa shape index (κ2) is 4.28. The normalized spacial score (nSPS) is 14.7. The van der Waals surface area contributed by atoms with Crippen molar-refractivity contribution in [2.45, 2.75) is 23.6 Å². The number of aryl methyl sites for hydroxylation is 2. The molecule has 0 saturated carbocycles. The van der Waals surface area contributed by atoms with Crippen molar-refractivity contribution in [2.24, 2.45) is 0 Å². The first-order valence-electron chi connectivity index (χ1n) is 5.69. The average molecular weight is 296 g/mol. The summed E-state index contributed by atoms with van der Waals surface area (Å²) < 4.78 is 31.8. The number of anilines is 1. The standard InChI is InChI=1S/C12H12N2O3S2/c1-8-12(9(2)17-13-8)19(15,16)14-7-18-11-6-4-3-5-10(11)14/h3-6H,7H2,1-2H3. The van der Waals surface area contributed by atoms with Gasteiger partial charge < -0.3 is 4.52 Å². The lowest BCUT2D eigenvalue weighted by Crippen LogP contribution is -2.28. The molecule has 0 saturated heterocycles. The van der Waals surface area contributed by atoms with Crippen LogP contribution in [-0.4, -0.2) is 19.5 Å². The third kappa shape index (κ3) is 1.84. The minimum atomic E-state index is -3.61. The number of aromatic nitrogens is 1. The molecule has 3 rings (SSSR count). The molecule has 0 amide bonds. The SMILES string of the molecule is Cc1noc(C)c1S(=O)(=O)N1CSc2ccccc21. The Kier molecular flexibility index (Phi) is 2.83. The van der Waals surface area contributed by atoms with E-state index in [1.54, 1.807) is 13.8 Å². The van der Waals surface area contributed by atoms with Gasteiger partial charge in [-0.15, -0.1) is 11.8 Å². The van der Waals surface area contributed by atoms with Crippen molar-refractivity contribution in [1.29, 1.82) is 0 Å². The van der Waals surface area contributed by atoms with E-state index in [4.69, 9.17) is 4.52 Å². The van der Waals surface area contributed by atoms with Crippen LogP contribution in [0.3, 0.4) is 0 Å². The zero-order valence-corrected chi connectivity index (χ0v) is 12.1. The van der Waals surface area contributed by atoms with Crippen LogP contribution in [0, 0.1) is 13.8 Å². The van der Waals surface area contributed by atoms with Crippen LogP contribution in [0.2, 0.25) is 0 Å². The Morgan fingerprint density at radius 3 is 2.74 bits per heavy atom. The minimum Gasteiger partial charge on any atom is -0.360 e. The van der Waals surface area contributed by atoms with Crippen LogP contribution in [0.1, 0.15) is 11.5 Å². The van der Waals surface area contributed by atoms with Crippen LogP contribution in [0.15, 0.2) is 38.6 Å². The molecule has 1 aromatic carbocycles. The quantitative estimate of drug-likeness (QED) is 0.852. The van der Waals surface area contributed by atoms with Crippen molar-refractivity contribution in [3.8, 4) is 0 Å². The fraction of sp³-hybridized carbons (Fsp3) is 0.250. The maximum Gasteiger partial charge on any atom is 0.270 e. The summed E-state index contributed by atoms with van der Waals surface area (Å²) in [6.45, 7) is 3.25. The zero-order valence-electron chi connectivity index (χ0n) is 10.5. The van der Waals surface area contributed by atoms with E-state index in [9.17, 15) is 8.42 Å². The number of thioether (sulfide) groups is 1. The molecule has 5 nitrogen and oxygen atoms in total. The molecule has 0 aliphatic carbocycles. The third-order valence-corrected chi connectivity index (χ3v) is 6.20. The maximum absolute atomic E-state index is 12.7. The Morgan fingerprint density at radius 2 is 2.05 bits per heavy atom. The summed E-state index contributed by atoms with van der Waals surface area (Å²) in [6, 6.07) is 7.46. The summed E-state index contributed by atoms with van der Waals surface area (Å²) >= 11 is 1.51. The van der Waals surface area contributed by atoms with Gasteiger partial charge in [-0.2, -0.15) is 0 Å². The number of sulfonamides is 1. The highest BCUT2D eigenvalue weighted by atomic mass is 32.2. The molecule has 100 valence electrons. The maximum atomic E-state index is 12.7. The molecule has 1 aromatic heterocycles. The predicted molar refractivity (Wildman–Crippen MR) is 72.8 cm³/mol. The van der Waals surface area contributed by atoms with Gasteiger partial charge in [0.2, 0.25) is 0 Å². The number of benzene rings is 1. The second-order valence-electron chi connectivity index (χ2n) is 4.25. The van der Waals surface area contributed by atoms with E-state index in [2.05, 4.69) is 5.16 Å². The number of nitrogens with zero attached hydrogens (tertiary/aromatic N) is 2. The summed E-state index contributed by atoms with van der Waals surface area (Å²) in [5, 5.41) is 3.72. The molecule has 0 unspecified atom stereocenters. The zero-order chi connectivity index (χ0) is 13.6. The first-order valence-corrected chi connectivity index (χ1v) is 8.12. The number of hydrogen-bond acceptors (Lipinski definition) is 5. The summed E-state index contributed by atoms with van der Waals surface area (Å²) in [5.41, 5.74) is 1.11. The number of para-hydroxylation sites is 1. The smallest absolute Gasteiger partial charge is 0.270 e. The summed E-state index contributed by atoms with van der Waals surface area (Å²) in [5.74, 6) is 0.707. The van der Waals surface area contributed by atoms with E-state index in [1.807, 2.05) is 24.3 Å². The molecule has 0 atom stereocenters. The highest BCUT2D eigenvalue weighted by molar-refractivity contribution is 8.02. The Balaban J connectivity index is 2.14. The average Bonchev–Trinajstić information content (AvgIpc) is 2.93. The Morgan fingerprint density at radius 1 is 1.32 bits per heavy atom. The molecule has 0 N–H and O–H groups in total. The topological polar surface area (TPSA) is 63.4 Å².